The van der Waals surface area contributed by atoms with E-state index in [-0.39, 0.29) is 11.6 Å². The highest BCUT2D eigenvalue weighted by Crippen LogP contribution is 2.33. The summed E-state index contributed by atoms with van der Waals surface area (Å²) in [4.78, 5) is 3.65. The van der Waals surface area contributed by atoms with Gasteiger partial charge in [-0.05, 0) is 32.4 Å². The van der Waals surface area contributed by atoms with Crippen LogP contribution in [-0.2, 0) is 5.67 Å². The summed E-state index contributed by atoms with van der Waals surface area (Å²) in [6.45, 7) is 2.38. The van der Waals surface area contributed by atoms with Crippen LogP contribution in [0.15, 0.2) is 18.5 Å². The minimum atomic E-state index is -1.64. The molecule has 0 radical (unpaired) electrons. The molecule has 1 aromatic rings. The molecule has 0 aromatic carbocycles. The van der Waals surface area contributed by atoms with Crippen molar-refractivity contribution in [1.82, 2.24) is 10.3 Å². The number of hydrogen-bond donors (Lipinski definition) is 1. The lowest BCUT2D eigenvalue weighted by atomic mass is 9.88. The maximum Gasteiger partial charge on any atom is 0.147 e. The summed E-state index contributed by atoms with van der Waals surface area (Å²) in [5.41, 5.74) is -1.53. The summed E-state index contributed by atoms with van der Waals surface area (Å²) in [5.74, 6) is -0.562. The largest absolute Gasteiger partial charge is 0.314 e. The predicted molar refractivity (Wildman–Crippen MR) is 62.9 cm³/mol. The van der Waals surface area contributed by atoms with E-state index >= 15 is 0 Å². The first-order valence-corrected chi connectivity index (χ1v) is 6.12. The summed E-state index contributed by atoms with van der Waals surface area (Å²) in [6, 6.07) is 1.57. The van der Waals surface area contributed by atoms with E-state index in [1.54, 1.807) is 0 Å². The molecule has 2 unspecified atom stereocenters. The Bertz CT molecular complexity index is 373. The maximum atomic E-state index is 14.6. The minimum absolute atomic E-state index is 0.111. The number of nitrogens with one attached hydrogen (secondary N) is 1. The first-order chi connectivity index (χ1) is 8.09. The van der Waals surface area contributed by atoms with Gasteiger partial charge in [-0.2, -0.15) is 0 Å². The molecule has 1 aliphatic heterocycles. The zero-order chi connectivity index (χ0) is 12.3. The molecule has 2 heterocycles. The molecule has 1 aromatic heterocycles. The molecule has 0 amide bonds. The Balaban J connectivity index is 2.10. The van der Waals surface area contributed by atoms with Gasteiger partial charge in [-0.15, -0.1) is 0 Å². The molecule has 1 aliphatic rings. The molecule has 0 aliphatic carbocycles. The van der Waals surface area contributed by atoms with Crippen molar-refractivity contribution >= 4 is 0 Å². The van der Waals surface area contributed by atoms with E-state index in [1.807, 2.05) is 0 Å². The third kappa shape index (κ3) is 3.00. The molecule has 1 fully saturated rings. The zero-order valence-corrected chi connectivity index (χ0v) is 10.0. The van der Waals surface area contributed by atoms with Gasteiger partial charge in [0.25, 0.3) is 0 Å². The first kappa shape index (κ1) is 12.4. The van der Waals surface area contributed by atoms with Crippen LogP contribution in [0, 0.1) is 5.82 Å². The van der Waals surface area contributed by atoms with Crippen LogP contribution in [0.1, 0.15) is 38.2 Å². The van der Waals surface area contributed by atoms with Crippen molar-refractivity contribution in [2.45, 2.75) is 44.3 Å². The monoisotopic (exact) mass is 240 g/mol. The molecule has 94 valence electrons. The van der Waals surface area contributed by atoms with Gasteiger partial charge in [0.1, 0.15) is 11.5 Å². The van der Waals surface area contributed by atoms with E-state index in [0.29, 0.717) is 6.42 Å². The van der Waals surface area contributed by atoms with Crippen LogP contribution in [0.25, 0.3) is 0 Å². The minimum Gasteiger partial charge on any atom is -0.314 e. The molecule has 0 spiro atoms. The SMILES string of the molecule is CC(F)(CC1CCCCN1)c1ccncc1F. The van der Waals surface area contributed by atoms with Gasteiger partial charge < -0.3 is 5.32 Å². The van der Waals surface area contributed by atoms with E-state index in [4.69, 9.17) is 0 Å². The Hall–Kier alpha value is -1.03. The molecular weight excluding hydrogens is 222 g/mol. The van der Waals surface area contributed by atoms with Gasteiger partial charge in [-0.1, -0.05) is 6.42 Å². The highest BCUT2D eigenvalue weighted by atomic mass is 19.1. The summed E-state index contributed by atoms with van der Waals surface area (Å²) < 4.78 is 28.1. The van der Waals surface area contributed by atoms with Crippen LogP contribution in [0.4, 0.5) is 8.78 Å². The lowest BCUT2D eigenvalue weighted by molar-refractivity contribution is 0.141. The molecule has 17 heavy (non-hydrogen) atoms. The topological polar surface area (TPSA) is 24.9 Å². The fourth-order valence-electron chi connectivity index (χ4n) is 2.47. The van der Waals surface area contributed by atoms with Crippen LogP contribution in [0.2, 0.25) is 0 Å². The van der Waals surface area contributed by atoms with Crippen LogP contribution in [0.5, 0.6) is 0 Å². The third-order valence-electron chi connectivity index (χ3n) is 3.38. The van der Waals surface area contributed by atoms with Gasteiger partial charge in [0.05, 0.1) is 6.20 Å². The molecular formula is C13H18F2N2. The van der Waals surface area contributed by atoms with Crippen molar-refractivity contribution in [1.29, 1.82) is 0 Å². The lowest BCUT2D eigenvalue weighted by Crippen LogP contribution is -2.38. The second-order valence-electron chi connectivity index (χ2n) is 4.90. The summed E-state index contributed by atoms with van der Waals surface area (Å²) in [7, 11) is 0. The molecule has 2 atom stereocenters. The summed E-state index contributed by atoms with van der Waals surface area (Å²) in [5, 5.41) is 3.29. The Kier molecular flexibility index (Phi) is 3.72. The van der Waals surface area contributed by atoms with Crippen LogP contribution >= 0.6 is 0 Å². The quantitative estimate of drug-likeness (QED) is 0.878. The highest BCUT2D eigenvalue weighted by Gasteiger charge is 2.32. The Labute approximate surface area is 100 Å². The number of hydrogen-bond acceptors (Lipinski definition) is 2. The van der Waals surface area contributed by atoms with E-state index in [0.717, 1.165) is 32.0 Å². The van der Waals surface area contributed by atoms with E-state index in [2.05, 4.69) is 10.3 Å². The number of halogens is 2. The number of alkyl halides is 1. The van der Waals surface area contributed by atoms with E-state index in [9.17, 15) is 8.78 Å². The van der Waals surface area contributed by atoms with Crippen molar-refractivity contribution < 1.29 is 8.78 Å². The van der Waals surface area contributed by atoms with Gasteiger partial charge in [0.15, 0.2) is 0 Å². The highest BCUT2D eigenvalue weighted by molar-refractivity contribution is 5.20. The number of rotatable bonds is 3. The van der Waals surface area contributed by atoms with Crippen molar-refractivity contribution in [3.63, 3.8) is 0 Å². The molecule has 4 heteroatoms. The van der Waals surface area contributed by atoms with E-state index in [1.165, 1.54) is 19.2 Å². The van der Waals surface area contributed by atoms with Crippen molar-refractivity contribution in [3.05, 3.63) is 29.8 Å². The first-order valence-electron chi connectivity index (χ1n) is 6.12. The van der Waals surface area contributed by atoms with Gasteiger partial charge >= 0.3 is 0 Å². The molecule has 2 rings (SSSR count). The molecule has 1 saturated heterocycles. The van der Waals surface area contributed by atoms with Gasteiger partial charge in [-0.3, -0.25) is 4.98 Å². The molecule has 0 bridgehead atoms. The lowest BCUT2D eigenvalue weighted by Gasteiger charge is -2.30. The average Bonchev–Trinajstić information content (AvgIpc) is 2.30. The Morgan fingerprint density at radius 2 is 2.35 bits per heavy atom. The van der Waals surface area contributed by atoms with Crippen LogP contribution < -0.4 is 5.32 Å². The fraction of sp³-hybridized carbons (Fsp3) is 0.615. The normalized spacial score (nSPS) is 24.3. The van der Waals surface area contributed by atoms with Gasteiger partial charge in [-0.25, -0.2) is 8.78 Å². The maximum absolute atomic E-state index is 14.6. The number of nitrogens with zero attached hydrogens (tertiary/aromatic N) is 1. The number of pyridine rings is 1. The van der Waals surface area contributed by atoms with Crippen LogP contribution in [-0.4, -0.2) is 17.6 Å². The zero-order valence-electron chi connectivity index (χ0n) is 10.0. The second-order valence-corrected chi connectivity index (χ2v) is 4.90. The fourth-order valence-corrected chi connectivity index (χ4v) is 2.47. The van der Waals surface area contributed by atoms with Gasteiger partial charge in [0, 0.05) is 24.2 Å². The summed E-state index contributed by atoms with van der Waals surface area (Å²) >= 11 is 0. The van der Waals surface area contributed by atoms with Crippen molar-refractivity contribution in [2.75, 3.05) is 6.54 Å². The molecule has 0 saturated carbocycles. The number of piperidine rings is 1. The Morgan fingerprint density at radius 1 is 1.53 bits per heavy atom. The second kappa shape index (κ2) is 5.08. The Morgan fingerprint density at radius 3 is 3.00 bits per heavy atom. The predicted octanol–water partition coefficient (Wildman–Crippen LogP) is 2.94. The third-order valence-corrected chi connectivity index (χ3v) is 3.38. The van der Waals surface area contributed by atoms with E-state index < -0.39 is 11.5 Å². The van der Waals surface area contributed by atoms with Gasteiger partial charge in [0.2, 0.25) is 0 Å². The molecule has 2 nitrogen and oxygen atoms in total. The number of aromatic nitrogens is 1. The molecule has 1 N–H and O–H groups in total. The van der Waals surface area contributed by atoms with Crippen molar-refractivity contribution in [2.24, 2.45) is 0 Å². The standard InChI is InChI=1S/C13H18F2N2/c1-13(15,8-10-4-2-3-6-17-10)11-5-7-16-9-12(11)14/h5,7,9-10,17H,2-4,6,8H2,1H3. The average molecular weight is 240 g/mol. The smallest absolute Gasteiger partial charge is 0.147 e. The van der Waals surface area contributed by atoms with Crippen molar-refractivity contribution in [3.8, 4) is 0 Å². The van der Waals surface area contributed by atoms with Crippen LogP contribution in [0.3, 0.4) is 0 Å². The summed E-state index contributed by atoms with van der Waals surface area (Å²) in [6.07, 6.45) is 6.04.